The van der Waals surface area contributed by atoms with Crippen LogP contribution in [0.15, 0.2) is 30.3 Å². The van der Waals surface area contributed by atoms with Crippen LogP contribution in [0, 0.1) is 6.92 Å². The number of nitrogens with zero attached hydrogens (tertiary/aromatic N) is 3. The predicted octanol–water partition coefficient (Wildman–Crippen LogP) is 3.08. The van der Waals surface area contributed by atoms with E-state index in [2.05, 4.69) is 21.8 Å². The standard InChI is InChI=1S/C20H26N4O/c1-14-8-6-7-11-24(14)17-12-23(13-17)20(25)18-15(2)21-19(22-18)16-9-4-3-5-10-16/h3-5,9-10,14,17H,6-8,11-13H2,1-2H3,(H,21,22)/t14-/m0/s1. The highest BCUT2D eigenvalue weighted by Crippen LogP contribution is 2.26. The first-order valence-corrected chi connectivity index (χ1v) is 9.30. The minimum atomic E-state index is 0.0526. The lowest BCUT2D eigenvalue weighted by atomic mass is 9.97. The van der Waals surface area contributed by atoms with Gasteiger partial charge in [-0.2, -0.15) is 0 Å². The number of nitrogens with one attached hydrogen (secondary N) is 1. The van der Waals surface area contributed by atoms with E-state index in [0.29, 0.717) is 17.8 Å². The molecular formula is C20H26N4O. The van der Waals surface area contributed by atoms with Crippen LogP contribution in [0.2, 0.25) is 0 Å². The quantitative estimate of drug-likeness (QED) is 0.936. The number of aromatic nitrogens is 2. The minimum absolute atomic E-state index is 0.0526. The molecule has 0 radical (unpaired) electrons. The first-order chi connectivity index (χ1) is 12.1. The van der Waals surface area contributed by atoms with Crippen LogP contribution in [0.3, 0.4) is 0 Å². The van der Waals surface area contributed by atoms with E-state index in [1.165, 1.54) is 25.8 Å². The molecule has 0 bridgehead atoms. The van der Waals surface area contributed by atoms with Crippen molar-refractivity contribution in [3.8, 4) is 11.4 Å². The van der Waals surface area contributed by atoms with Crippen molar-refractivity contribution >= 4 is 5.91 Å². The van der Waals surface area contributed by atoms with E-state index < -0.39 is 0 Å². The number of likely N-dealkylation sites (tertiary alicyclic amines) is 2. The predicted molar refractivity (Wildman–Crippen MR) is 98.5 cm³/mol. The van der Waals surface area contributed by atoms with E-state index in [9.17, 15) is 4.79 Å². The molecule has 1 atom stereocenters. The van der Waals surface area contributed by atoms with E-state index in [1.54, 1.807) is 0 Å². The fraction of sp³-hybridized carbons (Fsp3) is 0.500. The summed E-state index contributed by atoms with van der Waals surface area (Å²) in [7, 11) is 0. The number of hydrogen-bond donors (Lipinski definition) is 1. The molecular weight excluding hydrogens is 312 g/mol. The molecule has 2 saturated heterocycles. The smallest absolute Gasteiger partial charge is 0.274 e. The zero-order valence-corrected chi connectivity index (χ0v) is 15.0. The number of hydrogen-bond acceptors (Lipinski definition) is 3. The molecule has 0 unspecified atom stereocenters. The molecule has 2 aliphatic heterocycles. The first-order valence-electron chi connectivity index (χ1n) is 9.30. The summed E-state index contributed by atoms with van der Waals surface area (Å²) in [5.41, 5.74) is 2.41. The van der Waals surface area contributed by atoms with Gasteiger partial charge in [0.1, 0.15) is 11.5 Å². The van der Waals surface area contributed by atoms with Crippen molar-refractivity contribution in [3.05, 3.63) is 41.7 Å². The van der Waals surface area contributed by atoms with Crippen LogP contribution in [0.25, 0.3) is 11.4 Å². The van der Waals surface area contributed by atoms with Crippen molar-refractivity contribution < 1.29 is 4.79 Å². The number of imidazole rings is 1. The minimum Gasteiger partial charge on any atom is -0.341 e. The van der Waals surface area contributed by atoms with Gasteiger partial charge in [-0.05, 0) is 33.2 Å². The second kappa shape index (κ2) is 6.64. The topological polar surface area (TPSA) is 52.2 Å². The maximum Gasteiger partial charge on any atom is 0.274 e. The molecule has 1 aromatic carbocycles. The van der Waals surface area contributed by atoms with Crippen molar-refractivity contribution in [1.82, 2.24) is 19.8 Å². The number of piperidine rings is 1. The molecule has 1 aromatic heterocycles. The van der Waals surface area contributed by atoms with Crippen molar-refractivity contribution in [2.24, 2.45) is 0 Å². The molecule has 0 aliphatic carbocycles. The van der Waals surface area contributed by atoms with Gasteiger partial charge in [0.05, 0.1) is 0 Å². The zero-order valence-electron chi connectivity index (χ0n) is 15.0. The summed E-state index contributed by atoms with van der Waals surface area (Å²) in [6, 6.07) is 11.1. The Morgan fingerprint density at radius 3 is 2.68 bits per heavy atom. The SMILES string of the molecule is Cc1[nH]c(-c2ccccc2)nc1C(=O)N1CC(N2CCCC[C@@H]2C)C1. The second-order valence-corrected chi connectivity index (χ2v) is 7.37. The van der Waals surface area contributed by atoms with Gasteiger partial charge in [-0.15, -0.1) is 0 Å². The Balaban J connectivity index is 1.43. The number of H-pyrrole nitrogens is 1. The Morgan fingerprint density at radius 2 is 1.96 bits per heavy atom. The van der Waals surface area contributed by atoms with Crippen molar-refractivity contribution in [3.63, 3.8) is 0 Å². The first kappa shape index (κ1) is 16.3. The fourth-order valence-electron chi connectivity index (χ4n) is 4.04. The average Bonchev–Trinajstić information content (AvgIpc) is 2.98. The van der Waals surface area contributed by atoms with Crippen LogP contribution in [-0.2, 0) is 0 Å². The fourth-order valence-corrected chi connectivity index (χ4v) is 4.04. The van der Waals surface area contributed by atoms with E-state index >= 15 is 0 Å². The van der Waals surface area contributed by atoms with E-state index in [4.69, 9.17) is 0 Å². The van der Waals surface area contributed by atoms with E-state index in [-0.39, 0.29) is 5.91 Å². The largest absolute Gasteiger partial charge is 0.341 e. The maximum absolute atomic E-state index is 12.8. The Labute approximate surface area is 149 Å². The highest BCUT2D eigenvalue weighted by Gasteiger charge is 2.38. The Morgan fingerprint density at radius 1 is 1.20 bits per heavy atom. The highest BCUT2D eigenvalue weighted by molar-refractivity contribution is 5.94. The third kappa shape index (κ3) is 3.09. The van der Waals surface area contributed by atoms with Gasteiger partial charge in [-0.1, -0.05) is 36.8 Å². The van der Waals surface area contributed by atoms with Crippen LogP contribution in [0.5, 0.6) is 0 Å². The molecule has 2 aromatic rings. The number of rotatable bonds is 3. The van der Waals surface area contributed by atoms with Crippen LogP contribution in [0.1, 0.15) is 42.4 Å². The van der Waals surface area contributed by atoms with Crippen LogP contribution >= 0.6 is 0 Å². The molecule has 5 heteroatoms. The van der Waals surface area contributed by atoms with Gasteiger partial charge in [0.15, 0.2) is 0 Å². The van der Waals surface area contributed by atoms with Gasteiger partial charge in [0.2, 0.25) is 0 Å². The highest BCUT2D eigenvalue weighted by atomic mass is 16.2. The van der Waals surface area contributed by atoms with Crippen LogP contribution < -0.4 is 0 Å². The summed E-state index contributed by atoms with van der Waals surface area (Å²) in [5, 5.41) is 0. The molecule has 3 heterocycles. The second-order valence-electron chi connectivity index (χ2n) is 7.37. The van der Waals surface area contributed by atoms with Gasteiger partial charge in [-0.3, -0.25) is 9.69 Å². The van der Waals surface area contributed by atoms with E-state index in [1.807, 2.05) is 42.2 Å². The maximum atomic E-state index is 12.8. The monoisotopic (exact) mass is 338 g/mol. The summed E-state index contributed by atoms with van der Waals surface area (Å²) in [6.45, 7) is 7.07. The van der Waals surface area contributed by atoms with Crippen LogP contribution in [0.4, 0.5) is 0 Å². The molecule has 0 spiro atoms. The average molecular weight is 338 g/mol. The molecule has 25 heavy (non-hydrogen) atoms. The van der Waals surface area contributed by atoms with Gasteiger partial charge in [0.25, 0.3) is 5.91 Å². The summed E-state index contributed by atoms with van der Waals surface area (Å²) in [6.07, 6.45) is 3.90. The molecule has 2 aliphatic rings. The summed E-state index contributed by atoms with van der Waals surface area (Å²) < 4.78 is 0. The van der Waals surface area contributed by atoms with Crippen molar-refractivity contribution in [2.75, 3.05) is 19.6 Å². The van der Waals surface area contributed by atoms with Crippen molar-refractivity contribution in [2.45, 2.75) is 45.2 Å². The third-order valence-corrected chi connectivity index (χ3v) is 5.61. The normalized spacial score (nSPS) is 22.0. The number of aryl methyl sites for hydroxylation is 1. The molecule has 4 rings (SSSR count). The number of aromatic amines is 1. The van der Waals surface area contributed by atoms with Gasteiger partial charge in [0, 0.05) is 36.4 Å². The zero-order chi connectivity index (χ0) is 17.4. The lowest BCUT2D eigenvalue weighted by molar-refractivity contribution is 0.00180. The molecule has 1 amide bonds. The number of amides is 1. The van der Waals surface area contributed by atoms with Crippen LogP contribution in [-0.4, -0.2) is 57.4 Å². The number of carbonyl (C=O) groups excluding carboxylic acids is 1. The number of benzene rings is 1. The third-order valence-electron chi connectivity index (χ3n) is 5.61. The lowest BCUT2D eigenvalue weighted by Gasteiger charge is -2.49. The molecule has 132 valence electrons. The van der Waals surface area contributed by atoms with Gasteiger partial charge >= 0.3 is 0 Å². The Hall–Kier alpha value is -2.14. The van der Waals surface area contributed by atoms with Gasteiger partial charge < -0.3 is 9.88 Å². The molecule has 5 nitrogen and oxygen atoms in total. The number of carbonyl (C=O) groups is 1. The molecule has 1 N–H and O–H groups in total. The molecule has 0 saturated carbocycles. The van der Waals surface area contributed by atoms with Crippen molar-refractivity contribution in [1.29, 1.82) is 0 Å². The summed E-state index contributed by atoms with van der Waals surface area (Å²) >= 11 is 0. The molecule has 2 fully saturated rings. The Bertz CT molecular complexity index is 748. The Kier molecular flexibility index (Phi) is 4.34. The lowest BCUT2D eigenvalue weighted by Crippen LogP contribution is -2.63. The summed E-state index contributed by atoms with van der Waals surface area (Å²) in [5.74, 6) is 0.819. The van der Waals surface area contributed by atoms with E-state index in [0.717, 1.165) is 30.2 Å². The van der Waals surface area contributed by atoms with Gasteiger partial charge in [-0.25, -0.2) is 4.98 Å². The summed E-state index contributed by atoms with van der Waals surface area (Å²) in [4.78, 5) is 25.2.